The van der Waals surface area contributed by atoms with E-state index >= 15 is 0 Å². The van der Waals surface area contributed by atoms with E-state index in [1.165, 1.54) is 0 Å². The molecule has 0 spiro atoms. The van der Waals surface area contributed by atoms with Gasteiger partial charge in [-0.15, -0.1) is 0 Å². The summed E-state index contributed by atoms with van der Waals surface area (Å²) in [6.45, 7) is 0.364. The number of nitrogens with two attached hydrogens (primary N) is 1. The third-order valence-electron chi connectivity index (χ3n) is 2.81. The summed E-state index contributed by atoms with van der Waals surface area (Å²) in [5, 5.41) is 0. The maximum Gasteiger partial charge on any atom is 0.163 e. The lowest BCUT2D eigenvalue weighted by atomic mass is 10.2. The smallest absolute Gasteiger partial charge is 0.163 e. The predicted octanol–water partition coefficient (Wildman–Crippen LogP) is 3.63. The molecule has 0 aliphatic carbocycles. The Morgan fingerprint density at radius 1 is 0.950 bits per heavy atom. The summed E-state index contributed by atoms with van der Waals surface area (Å²) in [7, 11) is 3.23. The molecule has 0 amide bonds. The normalized spacial score (nSPS) is 10.2. The van der Waals surface area contributed by atoms with Gasteiger partial charge in [-0.3, -0.25) is 0 Å². The van der Waals surface area contributed by atoms with Crippen molar-refractivity contribution >= 4 is 21.6 Å². The van der Waals surface area contributed by atoms with Crippen molar-refractivity contribution in [1.82, 2.24) is 0 Å². The van der Waals surface area contributed by atoms with E-state index in [0.29, 0.717) is 23.8 Å². The van der Waals surface area contributed by atoms with Gasteiger partial charge in [-0.05, 0) is 30.3 Å². The van der Waals surface area contributed by atoms with Crippen molar-refractivity contribution in [3.63, 3.8) is 0 Å². The van der Waals surface area contributed by atoms with E-state index < -0.39 is 0 Å². The molecule has 0 unspecified atom stereocenters. The fourth-order valence-electron chi connectivity index (χ4n) is 1.82. The fraction of sp³-hybridized carbons (Fsp3) is 0.200. The number of rotatable bonds is 5. The van der Waals surface area contributed by atoms with Gasteiger partial charge in [-0.2, -0.15) is 0 Å². The SMILES string of the molecule is COc1ccc(Br)cc1COc1cc(N)ccc1OC. The number of halogens is 1. The van der Waals surface area contributed by atoms with Crippen LogP contribution in [0.3, 0.4) is 0 Å². The van der Waals surface area contributed by atoms with Crippen molar-refractivity contribution in [3.05, 3.63) is 46.4 Å². The lowest BCUT2D eigenvalue weighted by Crippen LogP contribution is -2.01. The molecule has 106 valence electrons. The number of hydrogen-bond donors (Lipinski definition) is 1. The highest BCUT2D eigenvalue weighted by molar-refractivity contribution is 9.10. The van der Waals surface area contributed by atoms with Gasteiger partial charge in [0.2, 0.25) is 0 Å². The Bertz CT molecular complexity index is 548. The van der Waals surface area contributed by atoms with Gasteiger partial charge in [0.25, 0.3) is 0 Å². The highest BCUT2D eigenvalue weighted by Gasteiger charge is 2.08. The fourth-order valence-corrected chi connectivity index (χ4v) is 2.23. The van der Waals surface area contributed by atoms with E-state index in [4.69, 9.17) is 19.9 Å². The predicted molar refractivity (Wildman–Crippen MR) is 82.4 cm³/mol. The zero-order chi connectivity index (χ0) is 14.5. The van der Waals surface area contributed by atoms with Crippen molar-refractivity contribution < 1.29 is 14.2 Å². The van der Waals surface area contributed by atoms with Crippen molar-refractivity contribution in [2.75, 3.05) is 20.0 Å². The first-order chi connectivity index (χ1) is 9.63. The van der Waals surface area contributed by atoms with Crippen LogP contribution in [0.1, 0.15) is 5.56 Å². The second-order valence-corrected chi connectivity index (χ2v) is 5.07. The maximum absolute atomic E-state index is 5.79. The summed E-state index contributed by atoms with van der Waals surface area (Å²) in [5.74, 6) is 2.03. The molecule has 0 heterocycles. The summed E-state index contributed by atoms with van der Waals surface area (Å²) >= 11 is 3.44. The van der Waals surface area contributed by atoms with Crippen molar-refractivity contribution in [2.45, 2.75) is 6.61 Å². The molecule has 0 fully saturated rings. The molecule has 0 radical (unpaired) electrons. The van der Waals surface area contributed by atoms with Gasteiger partial charge >= 0.3 is 0 Å². The van der Waals surface area contributed by atoms with Crippen LogP contribution < -0.4 is 19.9 Å². The molecule has 5 heteroatoms. The molecule has 0 saturated carbocycles. The summed E-state index contributed by atoms with van der Waals surface area (Å²) in [6, 6.07) is 11.1. The first-order valence-corrected chi connectivity index (χ1v) is 6.82. The maximum atomic E-state index is 5.79. The van der Waals surface area contributed by atoms with E-state index in [1.54, 1.807) is 32.4 Å². The first-order valence-electron chi connectivity index (χ1n) is 6.02. The number of hydrogen-bond acceptors (Lipinski definition) is 4. The second-order valence-electron chi connectivity index (χ2n) is 4.16. The Morgan fingerprint density at radius 3 is 2.35 bits per heavy atom. The van der Waals surface area contributed by atoms with Gasteiger partial charge < -0.3 is 19.9 Å². The zero-order valence-electron chi connectivity index (χ0n) is 11.4. The van der Waals surface area contributed by atoms with E-state index in [-0.39, 0.29) is 0 Å². The Balaban J connectivity index is 2.20. The molecule has 2 aromatic carbocycles. The molecule has 0 aromatic heterocycles. The number of methoxy groups -OCH3 is 2. The number of anilines is 1. The Morgan fingerprint density at radius 2 is 1.65 bits per heavy atom. The molecular weight excluding hydrogens is 322 g/mol. The van der Waals surface area contributed by atoms with Crippen LogP contribution in [-0.4, -0.2) is 14.2 Å². The van der Waals surface area contributed by atoms with Crippen LogP contribution in [0.4, 0.5) is 5.69 Å². The highest BCUT2D eigenvalue weighted by Crippen LogP contribution is 2.31. The van der Waals surface area contributed by atoms with Gasteiger partial charge in [0.1, 0.15) is 12.4 Å². The number of ether oxygens (including phenoxy) is 3. The van der Waals surface area contributed by atoms with Crippen molar-refractivity contribution in [3.8, 4) is 17.2 Å². The molecule has 0 bridgehead atoms. The van der Waals surface area contributed by atoms with Crippen molar-refractivity contribution in [1.29, 1.82) is 0 Å². The standard InChI is InChI=1S/C15H16BrNO3/c1-18-13-5-3-11(16)7-10(13)9-20-15-8-12(17)4-6-14(15)19-2/h3-8H,9,17H2,1-2H3. The van der Waals surface area contributed by atoms with Crippen LogP contribution in [0.15, 0.2) is 40.9 Å². The first kappa shape index (κ1) is 14.5. The van der Waals surface area contributed by atoms with E-state index in [1.807, 2.05) is 18.2 Å². The Kier molecular flexibility index (Phi) is 4.74. The molecule has 2 N–H and O–H groups in total. The number of nitrogen functional groups attached to an aromatic ring is 1. The monoisotopic (exact) mass is 337 g/mol. The van der Waals surface area contributed by atoms with Crippen LogP contribution in [-0.2, 0) is 6.61 Å². The molecule has 0 saturated heterocycles. The van der Waals surface area contributed by atoms with Crippen LogP contribution in [0, 0.1) is 0 Å². The molecule has 2 aromatic rings. The molecule has 0 aliphatic heterocycles. The van der Waals surface area contributed by atoms with Crippen LogP contribution in [0.2, 0.25) is 0 Å². The van der Waals surface area contributed by atoms with Gasteiger partial charge in [0.15, 0.2) is 11.5 Å². The van der Waals surface area contributed by atoms with E-state index in [0.717, 1.165) is 15.8 Å². The van der Waals surface area contributed by atoms with Gasteiger partial charge in [0.05, 0.1) is 14.2 Å². The highest BCUT2D eigenvalue weighted by atomic mass is 79.9. The molecule has 2 rings (SSSR count). The number of benzene rings is 2. The Labute approximate surface area is 126 Å². The Hall–Kier alpha value is -1.88. The molecular formula is C15H16BrNO3. The quantitative estimate of drug-likeness (QED) is 0.846. The third-order valence-corrected chi connectivity index (χ3v) is 3.31. The summed E-state index contributed by atoms with van der Waals surface area (Å²) in [6.07, 6.45) is 0. The van der Waals surface area contributed by atoms with E-state index in [9.17, 15) is 0 Å². The molecule has 0 aliphatic rings. The van der Waals surface area contributed by atoms with Gasteiger partial charge in [-0.25, -0.2) is 0 Å². The topological polar surface area (TPSA) is 53.7 Å². The minimum absolute atomic E-state index is 0.364. The van der Waals surface area contributed by atoms with Crippen LogP contribution in [0.5, 0.6) is 17.2 Å². The second kappa shape index (κ2) is 6.52. The molecule has 4 nitrogen and oxygen atoms in total. The van der Waals surface area contributed by atoms with Crippen molar-refractivity contribution in [2.24, 2.45) is 0 Å². The van der Waals surface area contributed by atoms with E-state index in [2.05, 4.69) is 15.9 Å². The van der Waals surface area contributed by atoms with Crippen LogP contribution >= 0.6 is 15.9 Å². The lowest BCUT2D eigenvalue weighted by Gasteiger charge is -2.13. The molecule has 0 atom stereocenters. The minimum Gasteiger partial charge on any atom is -0.496 e. The summed E-state index contributed by atoms with van der Waals surface area (Å²) < 4.78 is 17.3. The largest absolute Gasteiger partial charge is 0.496 e. The minimum atomic E-state index is 0.364. The van der Waals surface area contributed by atoms with Gasteiger partial charge in [0, 0.05) is 21.8 Å². The molecule has 20 heavy (non-hydrogen) atoms. The zero-order valence-corrected chi connectivity index (χ0v) is 12.9. The summed E-state index contributed by atoms with van der Waals surface area (Å²) in [5.41, 5.74) is 7.33. The average Bonchev–Trinajstić information content (AvgIpc) is 2.45. The van der Waals surface area contributed by atoms with Gasteiger partial charge in [-0.1, -0.05) is 15.9 Å². The summed E-state index contributed by atoms with van der Waals surface area (Å²) in [4.78, 5) is 0. The average molecular weight is 338 g/mol. The lowest BCUT2D eigenvalue weighted by molar-refractivity contribution is 0.278. The van der Waals surface area contributed by atoms with Crippen LogP contribution in [0.25, 0.3) is 0 Å². The third kappa shape index (κ3) is 3.36.